The number of hydrogen-bond donors (Lipinski definition) is 1. The number of para-hydroxylation sites is 1. The number of anilines is 1. The number of nitrogens with one attached hydrogen (secondary N) is 1. The highest BCUT2D eigenvalue weighted by Crippen LogP contribution is 2.20. The normalized spacial score (nSPS) is 11.3. The van der Waals surface area contributed by atoms with Crippen LogP contribution in [0.4, 0.5) is 5.69 Å². The first-order chi connectivity index (χ1) is 10.7. The molecule has 122 valence electrons. The van der Waals surface area contributed by atoms with E-state index in [4.69, 9.17) is 0 Å². The number of amides is 1. The molecular weight excluding hydrogens is 318 g/mol. The predicted octanol–water partition coefficient (Wildman–Crippen LogP) is 0.902. The molecule has 0 aliphatic carbocycles. The second-order valence-electron chi connectivity index (χ2n) is 5.20. The molecule has 0 radical (unpaired) electrons. The Morgan fingerprint density at radius 3 is 2.57 bits per heavy atom. The average molecular weight is 335 g/mol. The maximum Gasteiger partial charge on any atom is 0.256 e. The molecule has 1 amide bonds. The van der Waals surface area contributed by atoms with Crippen LogP contribution in [0.25, 0.3) is 0 Å². The van der Waals surface area contributed by atoms with Gasteiger partial charge in [-0.1, -0.05) is 12.1 Å². The van der Waals surface area contributed by atoms with E-state index in [1.54, 1.807) is 26.0 Å². The summed E-state index contributed by atoms with van der Waals surface area (Å²) >= 11 is 0. The smallest absolute Gasteiger partial charge is 0.256 e. The van der Waals surface area contributed by atoms with Crippen LogP contribution in [0.1, 0.15) is 11.3 Å². The molecule has 0 bridgehead atoms. The van der Waals surface area contributed by atoms with Crippen LogP contribution in [0.3, 0.4) is 0 Å². The summed E-state index contributed by atoms with van der Waals surface area (Å²) in [7, 11) is -3.47. The van der Waals surface area contributed by atoms with Crippen LogP contribution in [-0.2, 0) is 21.2 Å². The van der Waals surface area contributed by atoms with Crippen molar-refractivity contribution in [1.29, 1.82) is 0 Å². The molecule has 2 rings (SSSR count). The van der Waals surface area contributed by atoms with Gasteiger partial charge in [0, 0.05) is 17.5 Å². The molecule has 0 saturated carbocycles. The summed E-state index contributed by atoms with van der Waals surface area (Å²) in [5.41, 5.74) is 0.958. The third kappa shape index (κ3) is 3.84. The Bertz CT molecular complexity index is 917. The summed E-state index contributed by atoms with van der Waals surface area (Å²) in [6, 6.07) is 6.10. The largest absolute Gasteiger partial charge is 0.323 e. The fourth-order valence-electron chi connectivity index (χ4n) is 2.03. The minimum absolute atomic E-state index is 0.0268. The van der Waals surface area contributed by atoms with E-state index >= 15 is 0 Å². The lowest BCUT2D eigenvalue weighted by molar-refractivity contribution is -0.116. The van der Waals surface area contributed by atoms with Gasteiger partial charge in [-0.05, 0) is 26.0 Å². The molecular formula is C15H17N3O4S. The molecule has 0 unspecified atom stereocenters. The van der Waals surface area contributed by atoms with Crippen molar-refractivity contribution in [3.05, 3.63) is 52.2 Å². The third-order valence-corrected chi connectivity index (χ3v) is 4.54. The van der Waals surface area contributed by atoms with E-state index in [1.165, 1.54) is 23.0 Å². The minimum atomic E-state index is -3.47. The fraction of sp³-hybridized carbons (Fsp3) is 0.267. The molecule has 7 nitrogen and oxygen atoms in total. The van der Waals surface area contributed by atoms with Crippen molar-refractivity contribution >= 4 is 21.4 Å². The average Bonchev–Trinajstić information content (AvgIpc) is 2.47. The van der Waals surface area contributed by atoms with Crippen molar-refractivity contribution in [2.24, 2.45) is 0 Å². The highest BCUT2D eigenvalue weighted by Gasteiger charge is 2.15. The van der Waals surface area contributed by atoms with Crippen molar-refractivity contribution in [2.45, 2.75) is 25.3 Å². The molecule has 1 heterocycles. The molecule has 0 aliphatic rings. The zero-order valence-corrected chi connectivity index (χ0v) is 13.8. The first-order valence-electron chi connectivity index (χ1n) is 6.81. The quantitative estimate of drug-likeness (QED) is 0.895. The maximum absolute atomic E-state index is 12.1. The Morgan fingerprint density at radius 1 is 1.26 bits per heavy atom. The SMILES string of the molecule is Cc1ncn(CC(=O)Nc2ccccc2S(C)(=O)=O)c(=O)c1C. The molecule has 8 heteroatoms. The van der Waals surface area contributed by atoms with E-state index in [9.17, 15) is 18.0 Å². The second kappa shape index (κ2) is 6.33. The highest BCUT2D eigenvalue weighted by atomic mass is 32.2. The summed E-state index contributed by atoms with van der Waals surface area (Å²) in [6.07, 6.45) is 2.36. The van der Waals surface area contributed by atoms with Gasteiger partial charge in [0.05, 0.1) is 16.9 Å². The summed E-state index contributed by atoms with van der Waals surface area (Å²) < 4.78 is 24.6. The predicted molar refractivity (Wildman–Crippen MR) is 86.2 cm³/mol. The van der Waals surface area contributed by atoms with Gasteiger partial charge < -0.3 is 5.32 Å². The van der Waals surface area contributed by atoms with Crippen LogP contribution < -0.4 is 10.9 Å². The first-order valence-corrected chi connectivity index (χ1v) is 8.71. The van der Waals surface area contributed by atoms with Crippen molar-refractivity contribution in [3.63, 3.8) is 0 Å². The van der Waals surface area contributed by atoms with Crippen LogP contribution in [0.2, 0.25) is 0 Å². The van der Waals surface area contributed by atoms with Gasteiger partial charge in [-0.3, -0.25) is 14.2 Å². The molecule has 1 aromatic heterocycles. The van der Waals surface area contributed by atoms with Crippen LogP contribution in [0.5, 0.6) is 0 Å². The molecule has 0 atom stereocenters. The van der Waals surface area contributed by atoms with Gasteiger partial charge in [-0.25, -0.2) is 13.4 Å². The van der Waals surface area contributed by atoms with Crippen LogP contribution >= 0.6 is 0 Å². The summed E-state index contributed by atoms with van der Waals surface area (Å²) in [6.45, 7) is 3.10. The number of aromatic nitrogens is 2. The topological polar surface area (TPSA) is 98.1 Å². The van der Waals surface area contributed by atoms with Gasteiger partial charge in [0.25, 0.3) is 5.56 Å². The van der Waals surface area contributed by atoms with Crippen LogP contribution in [0.15, 0.2) is 40.3 Å². The minimum Gasteiger partial charge on any atom is -0.323 e. The van der Waals surface area contributed by atoms with E-state index in [-0.39, 0.29) is 22.7 Å². The van der Waals surface area contributed by atoms with Gasteiger partial charge in [0.2, 0.25) is 5.91 Å². The Kier molecular flexibility index (Phi) is 4.65. The fourth-order valence-corrected chi connectivity index (χ4v) is 2.87. The molecule has 1 N–H and O–H groups in total. The number of aryl methyl sites for hydroxylation is 1. The monoisotopic (exact) mass is 335 g/mol. The van der Waals surface area contributed by atoms with Gasteiger partial charge in [-0.2, -0.15) is 0 Å². The molecule has 1 aromatic carbocycles. The van der Waals surface area contributed by atoms with Gasteiger partial charge in [0.15, 0.2) is 9.84 Å². The second-order valence-corrected chi connectivity index (χ2v) is 7.19. The van der Waals surface area contributed by atoms with Crippen molar-refractivity contribution in [3.8, 4) is 0 Å². The Labute approximate surface area is 133 Å². The summed E-state index contributed by atoms with van der Waals surface area (Å²) in [4.78, 5) is 28.2. The van der Waals surface area contributed by atoms with Gasteiger partial charge in [0.1, 0.15) is 6.54 Å². The van der Waals surface area contributed by atoms with E-state index < -0.39 is 15.7 Å². The number of nitrogens with zero attached hydrogens (tertiary/aromatic N) is 2. The van der Waals surface area contributed by atoms with E-state index in [2.05, 4.69) is 10.3 Å². The lowest BCUT2D eigenvalue weighted by Crippen LogP contribution is -2.30. The molecule has 0 saturated heterocycles. The Balaban J connectivity index is 2.25. The van der Waals surface area contributed by atoms with Gasteiger partial charge >= 0.3 is 0 Å². The molecule has 0 spiro atoms. The zero-order valence-electron chi connectivity index (χ0n) is 13.0. The van der Waals surface area contributed by atoms with Crippen LogP contribution in [-0.4, -0.2) is 30.1 Å². The first kappa shape index (κ1) is 16.9. The summed E-state index contributed by atoms with van der Waals surface area (Å²) in [5.74, 6) is -0.506. The third-order valence-electron chi connectivity index (χ3n) is 3.39. The maximum atomic E-state index is 12.1. The standard InChI is InChI=1S/C15H17N3O4S/c1-10-11(2)16-9-18(15(10)20)8-14(19)17-12-6-4-5-7-13(12)23(3,21)22/h4-7,9H,8H2,1-3H3,(H,17,19). The number of carbonyl (C=O) groups is 1. The van der Waals surface area contributed by atoms with Crippen molar-refractivity contribution in [1.82, 2.24) is 9.55 Å². The number of hydrogen-bond acceptors (Lipinski definition) is 5. The summed E-state index contributed by atoms with van der Waals surface area (Å²) in [5, 5.41) is 2.52. The molecule has 0 aliphatic heterocycles. The van der Waals surface area contributed by atoms with Crippen molar-refractivity contribution < 1.29 is 13.2 Å². The highest BCUT2D eigenvalue weighted by molar-refractivity contribution is 7.90. The lowest BCUT2D eigenvalue weighted by Gasteiger charge is -2.11. The van der Waals surface area contributed by atoms with Gasteiger partial charge in [-0.15, -0.1) is 0 Å². The molecule has 23 heavy (non-hydrogen) atoms. The van der Waals surface area contributed by atoms with Crippen molar-refractivity contribution in [2.75, 3.05) is 11.6 Å². The lowest BCUT2D eigenvalue weighted by atomic mass is 10.3. The number of sulfone groups is 1. The number of carbonyl (C=O) groups excluding carboxylic acids is 1. The Hall–Kier alpha value is -2.48. The Morgan fingerprint density at radius 2 is 1.91 bits per heavy atom. The van der Waals surface area contributed by atoms with E-state index in [0.29, 0.717) is 11.3 Å². The van der Waals surface area contributed by atoms with Crippen LogP contribution in [0, 0.1) is 13.8 Å². The van der Waals surface area contributed by atoms with E-state index in [1.807, 2.05) is 0 Å². The molecule has 0 fully saturated rings. The number of rotatable bonds is 4. The molecule has 2 aromatic rings. The zero-order chi connectivity index (χ0) is 17.2. The van der Waals surface area contributed by atoms with E-state index in [0.717, 1.165) is 6.26 Å². The number of benzene rings is 1.